The van der Waals surface area contributed by atoms with Gasteiger partial charge in [-0.2, -0.15) is 0 Å². The zero-order chi connectivity index (χ0) is 15.6. The first kappa shape index (κ1) is 14.0. The lowest BCUT2D eigenvalue weighted by molar-refractivity contribution is 0.166. The Hall–Kier alpha value is -2.62. The molecular weight excluding hydrogens is 284 g/mol. The molecule has 0 N–H and O–H groups in total. The van der Waals surface area contributed by atoms with Gasteiger partial charge in [-0.1, -0.05) is 37.3 Å². The number of benzene rings is 1. The van der Waals surface area contributed by atoms with E-state index in [1.54, 1.807) is 24.8 Å². The van der Waals surface area contributed by atoms with Crippen molar-refractivity contribution in [2.24, 2.45) is 5.92 Å². The van der Waals surface area contributed by atoms with Crippen molar-refractivity contribution >= 4 is 0 Å². The molecule has 114 valence electrons. The zero-order valence-corrected chi connectivity index (χ0v) is 12.9. The summed E-state index contributed by atoms with van der Waals surface area (Å²) in [5.41, 5.74) is 3.46. The summed E-state index contributed by atoms with van der Waals surface area (Å²) in [5, 5.41) is 0. The fourth-order valence-electron chi connectivity index (χ4n) is 3.92. The molecule has 1 aliphatic carbocycles. The Morgan fingerprint density at radius 2 is 1.26 bits per heavy atom. The highest BCUT2D eigenvalue weighted by atomic mass is 14.8. The molecule has 0 spiro atoms. The van der Waals surface area contributed by atoms with Gasteiger partial charge < -0.3 is 0 Å². The lowest BCUT2D eigenvalue weighted by Crippen LogP contribution is -2.41. The molecule has 4 rings (SSSR count). The van der Waals surface area contributed by atoms with Gasteiger partial charge in [0.2, 0.25) is 0 Å². The fraction of sp³-hybridized carbons (Fsp3) is 0.263. The Morgan fingerprint density at radius 3 is 1.74 bits per heavy atom. The molecule has 4 heteroatoms. The molecule has 1 saturated carbocycles. The third-order valence-corrected chi connectivity index (χ3v) is 4.94. The molecule has 23 heavy (non-hydrogen) atoms. The Labute approximate surface area is 135 Å². The summed E-state index contributed by atoms with van der Waals surface area (Å²) in [4.78, 5) is 17.6. The number of hydrogen-bond acceptors (Lipinski definition) is 4. The Bertz CT molecular complexity index is 714. The molecule has 2 unspecified atom stereocenters. The van der Waals surface area contributed by atoms with Crippen LogP contribution in [0, 0.1) is 5.92 Å². The Morgan fingerprint density at radius 1 is 0.696 bits per heavy atom. The van der Waals surface area contributed by atoms with Crippen LogP contribution in [0.2, 0.25) is 0 Å². The highest BCUT2D eigenvalue weighted by molar-refractivity contribution is 5.36. The second kappa shape index (κ2) is 5.88. The smallest absolute Gasteiger partial charge is 0.0626 e. The second-order valence-electron chi connectivity index (χ2n) is 6.11. The van der Waals surface area contributed by atoms with Crippen molar-refractivity contribution in [2.45, 2.75) is 24.7 Å². The lowest BCUT2D eigenvalue weighted by atomic mass is 9.53. The fourth-order valence-corrected chi connectivity index (χ4v) is 3.92. The van der Waals surface area contributed by atoms with Crippen LogP contribution in [0.3, 0.4) is 0 Å². The molecule has 1 fully saturated rings. The first-order valence-corrected chi connectivity index (χ1v) is 7.93. The third kappa shape index (κ3) is 2.40. The topological polar surface area (TPSA) is 51.6 Å². The van der Waals surface area contributed by atoms with Crippen molar-refractivity contribution < 1.29 is 0 Å². The molecule has 0 radical (unpaired) electrons. The monoisotopic (exact) mass is 302 g/mol. The molecule has 0 aliphatic heterocycles. The quantitative estimate of drug-likeness (QED) is 0.742. The number of rotatable bonds is 3. The van der Waals surface area contributed by atoms with Gasteiger partial charge in [0.25, 0.3) is 0 Å². The minimum Gasteiger partial charge on any atom is -0.261 e. The summed E-state index contributed by atoms with van der Waals surface area (Å²) in [6.07, 6.45) is 10.8. The average Bonchev–Trinajstić information content (AvgIpc) is 2.62. The molecule has 0 amide bonds. The predicted octanol–water partition coefficient (Wildman–Crippen LogP) is 3.57. The summed E-state index contributed by atoms with van der Waals surface area (Å²) >= 11 is 0. The van der Waals surface area contributed by atoms with E-state index in [4.69, 9.17) is 0 Å². The van der Waals surface area contributed by atoms with Gasteiger partial charge in [-0.15, -0.1) is 0 Å². The maximum Gasteiger partial charge on any atom is 0.0626 e. The molecule has 3 aromatic rings. The van der Waals surface area contributed by atoms with Crippen molar-refractivity contribution in [3.63, 3.8) is 0 Å². The van der Waals surface area contributed by atoms with Crippen LogP contribution in [-0.4, -0.2) is 19.9 Å². The number of aromatic nitrogens is 4. The molecular formula is C19H18N4. The van der Waals surface area contributed by atoms with Gasteiger partial charge in [-0.05, 0) is 11.5 Å². The Balaban J connectivity index is 1.76. The predicted molar refractivity (Wildman–Crippen MR) is 87.9 cm³/mol. The van der Waals surface area contributed by atoms with Gasteiger partial charge in [0.15, 0.2) is 0 Å². The highest BCUT2D eigenvalue weighted by Crippen LogP contribution is 2.61. The molecule has 0 bridgehead atoms. The van der Waals surface area contributed by atoms with Crippen LogP contribution in [0.15, 0.2) is 67.5 Å². The van der Waals surface area contributed by atoms with Crippen LogP contribution in [0.25, 0.3) is 0 Å². The summed E-state index contributed by atoms with van der Waals surface area (Å²) in [6.45, 7) is 2.28. The molecule has 0 saturated heterocycles. The summed E-state index contributed by atoms with van der Waals surface area (Å²) in [7, 11) is 0. The van der Waals surface area contributed by atoms with Crippen molar-refractivity contribution in [2.75, 3.05) is 0 Å². The Kier molecular flexibility index (Phi) is 3.58. The summed E-state index contributed by atoms with van der Waals surface area (Å²) < 4.78 is 0. The van der Waals surface area contributed by atoms with E-state index in [0.29, 0.717) is 23.7 Å². The number of hydrogen-bond donors (Lipinski definition) is 0. The molecule has 1 aliphatic rings. The van der Waals surface area contributed by atoms with Gasteiger partial charge in [-0.3, -0.25) is 19.9 Å². The van der Waals surface area contributed by atoms with Gasteiger partial charge in [0.05, 0.1) is 11.4 Å². The van der Waals surface area contributed by atoms with E-state index in [1.807, 2.05) is 12.4 Å². The summed E-state index contributed by atoms with van der Waals surface area (Å²) in [6, 6.07) is 10.6. The van der Waals surface area contributed by atoms with Crippen molar-refractivity contribution in [1.29, 1.82) is 0 Å². The largest absolute Gasteiger partial charge is 0.261 e. The first-order valence-electron chi connectivity index (χ1n) is 7.93. The first-order chi connectivity index (χ1) is 11.4. The van der Waals surface area contributed by atoms with Crippen LogP contribution in [0.4, 0.5) is 0 Å². The van der Waals surface area contributed by atoms with Crippen LogP contribution >= 0.6 is 0 Å². The van der Waals surface area contributed by atoms with E-state index >= 15 is 0 Å². The molecule has 2 atom stereocenters. The molecule has 2 heterocycles. The standard InChI is InChI=1S/C19H18N4/c1-13-17(15-11-20-7-9-22-15)19(14-5-3-2-4-6-14)18(13)16-12-21-8-10-23-16/h2-13,17-19H,1H3. The van der Waals surface area contributed by atoms with Gasteiger partial charge in [0, 0.05) is 54.9 Å². The second-order valence-corrected chi connectivity index (χ2v) is 6.11. The van der Waals surface area contributed by atoms with Gasteiger partial charge >= 0.3 is 0 Å². The SMILES string of the molecule is CC1C(c2cnccn2)C(c2ccccc2)C1c1cnccn1. The van der Waals surface area contributed by atoms with E-state index in [-0.39, 0.29) is 0 Å². The minimum absolute atomic E-state index is 0.359. The van der Waals surface area contributed by atoms with E-state index < -0.39 is 0 Å². The third-order valence-electron chi connectivity index (χ3n) is 4.94. The maximum absolute atomic E-state index is 4.56. The van der Waals surface area contributed by atoms with Crippen LogP contribution in [0.1, 0.15) is 41.6 Å². The molecule has 4 nitrogen and oxygen atoms in total. The average molecular weight is 302 g/mol. The van der Waals surface area contributed by atoms with Gasteiger partial charge in [0.1, 0.15) is 0 Å². The van der Waals surface area contributed by atoms with Crippen molar-refractivity contribution in [1.82, 2.24) is 19.9 Å². The summed E-state index contributed by atoms with van der Waals surface area (Å²) in [5.74, 6) is 1.53. The van der Waals surface area contributed by atoms with E-state index in [1.165, 1.54) is 5.56 Å². The zero-order valence-electron chi connectivity index (χ0n) is 12.9. The maximum atomic E-state index is 4.56. The van der Waals surface area contributed by atoms with Crippen LogP contribution in [0.5, 0.6) is 0 Å². The van der Waals surface area contributed by atoms with Gasteiger partial charge in [-0.25, -0.2) is 0 Å². The van der Waals surface area contributed by atoms with E-state index in [0.717, 1.165) is 11.4 Å². The normalized spacial score (nSPS) is 26.5. The number of nitrogens with zero attached hydrogens (tertiary/aromatic N) is 4. The lowest BCUT2D eigenvalue weighted by Gasteiger charge is -2.50. The van der Waals surface area contributed by atoms with Crippen molar-refractivity contribution in [3.8, 4) is 0 Å². The van der Waals surface area contributed by atoms with Crippen LogP contribution < -0.4 is 0 Å². The minimum atomic E-state index is 0.359. The van der Waals surface area contributed by atoms with E-state index in [2.05, 4.69) is 57.2 Å². The molecule has 2 aromatic heterocycles. The molecule has 1 aromatic carbocycles. The van der Waals surface area contributed by atoms with Crippen molar-refractivity contribution in [3.05, 3.63) is 84.5 Å². The van der Waals surface area contributed by atoms with Crippen LogP contribution in [-0.2, 0) is 0 Å². The van der Waals surface area contributed by atoms with E-state index in [9.17, 15) is 0 Å². The highest BCUT2D eigenvalue weighted by Gasteiger charge is 2.51.